The lowest BCUT2D eigenvalue weighted by atomic mass is 10.1. The Morgan fingerprint density at radius 3 is 2.83 bits per heavy atom. The second-order valence-corrected chi connectivity index (χ2v) is 7.99. The lowest BCUT2D eigenvalue weighted by molar-refractivity contribution is -0.120. The number of hydrogen-bond donors (Lipinski definition) is 2. The van der Waals surface area contributed by atoms with E-state index in [9.17, 15) is 9.90 Å². The minimum atomic E-state index is -0.552. The van der Waals surface area contributed by atoms with Crippen LogP contribution in [0.3, 0.4) is 0 Å². The molecule has 0 aliphatic carbocycles. The van der Waals surface area contributed by atoms with E-state index < -0.39 is 5.91 Å². The molecule has 2 aromatic carbocycles. The number of nitrogens with zero attached hydrogens (tertiary/aromatic N) is 3. The molecule has 9 heteroatoms. The third-order valence-electron chi connectivity index (χ3n) is 4.13. The maximum absolute atomic E-state index is 11.7. The molecule has 30 heavy (non-hydrogen) atoms. The van der Waals surface area contributed by atoms with Crippen LogP contribution in [0.15, 0.2) is 67.9 Å². The van der Waals surface area contributed by atoms with Crippen molar-refractivity contribution in [1.82, 2.24) is 10.4 Å². The monoisotopic (exact) mass is 480 g/mol. The van der Waals surface area contributed by atoms with Crippen LogP contribution in [0.5, 0.6) is 5.75 Å². The van der Waals surface area contributed by atoms with Gasteiger partial charge in [0.1, 0.15) is 22.8 Å². The first-order valence-corrected chi connectivity index (χ1v) is 10.4. The van der Waals surface area contributed by atoms with Gasteiger partial charge in [-0.3, -0.25) is 4.79 Å². The molecule has 4 aromatic rings. The number of hydrogen-bond acceptors (Lipinski definition) is 7. The van der Waals surface area contributed by atoms with Crippen LogP contribution in [0, 0.1) is 11.3 Å². The van der Waals surface area contributed by atoms with Crippen LogP contribution in [0.25, 0.3) is 32.8 Å². The van der Waals surface area contributed by atoms with Crippen molar-refractivity contribution in [3.8, 4) is 33.6 Å². The van der Waals surface area contributed by atoms with Gasteiger partial charge in [0.25, 0.3) is 5.91 Å². The van der Waals surface area contributed by atoms with Gasteiger partial charge in [0.15, 0.2) is 0 Å². The molecule has 0 spiro atoms. The standard InChI is InChI=1S/C21H13BrN4O3S/c22-14-4-1-12(2-5-14)17-11-30-21(24-17)16-9-13-3-6-15(27)10-18(13)29-20(16)26-25-19(28)7-8-23/h1-6,9-11,27H,7H2,(H,25,28). The van der Waals surface area contributed by atoms with E-state index in [1.54, 1.807) is 18.2 Å². The zero-order chi connectivity index (χ0) is 21.1. The molecule has 0 aliphatic rings. The van der Waals surface area contributed by atoms with Crippen LogP contribution >= 0.6 is 27.3 Å². The van der Waals surface area contributed by atoms with Crippen molar-refractivity contribution in [1.29, 1.82) is 5.26 Å². The number of aromatic hydroxyl groups is 1. The average molecular weight is 481 g/mol. The van der Waals surface area contributed by atoms with Gasteiger partial charge in [0.05, 0.1) is 17.3 Å². The van der Waals surface area contributed by atoms with Gasteiger partial charge in [-0.05, 0) is 30.3 Å². The zero-order valence-corrected chi connectivity index (χ0v) is 17.7. The third kappa shape index (κ3) is 4.25. The summed E-state index contributed by atoms with van der Waals surface area (Å²) in [5.74, 6) is -0.505. The van der Waals surface area contributed by atoms with Crippen molar-refractivity contribution in [2.24, 2.45) is 5.10 Å². The number of carbonyl (C=O) groups is 1. The first-order valence-electron chi connectivity index (χ1n) is 8.72. The van der Waals surface area contributed by atoms with Crippen molar-refractivity contribution in [3.05, 3.63) is 63.9 Å². The highest BCUT2D eigenvalue weighted by Gasteiger charge is 2.13. The summed E-state index contributed by atoms with van der Waals surface area (Å²) >= 11 is 4.84. The van der Waals surface area contributed by atoms with Crippen LogP contribution in [-0.4, -0.2) is 16.0 Å². The van der Waals surface area contributed by atoms with Crippen molar-refractivity contribution in [2.75, 3.05) is 0 Å². The molecule has 4 rings (SSSR count). The fourth-order valence-electron chi connectivity index (χ4n) is 2.72. The van der Waals surface area contributed by atoms with Gasteiger partial charge < -0.3 is 9.52 Å². The van der Waals surface area contributed by atoms with Crippen molar-refractivity contribution >= 4 is 44.1 Å². The fraction of sp³-hybridized carbons (Fsp3) is 0.0476. The number of phenols is 1. The van der Waals surface area contributed by atoms with Crippen LogP contribution in [-0.2, 0) is 4.79 Å². The van der Waals surface area contributed by atoms with Gasteiger partial charge >= 0.3 is 0 Å². The van der Waals surface area contributed by atoms with E-state index in [-0.39, 0.29) is 17.7 Å². The number of halogens is 1. The molecule has 0 saturated heterocycles. The molecule has 0 saturated carbocycles. The minimum absolute atomic E-state index is 0.0465. The second-order valence-electron chi connectivity index (χ2n) is 6.21. The summed E-state index contributed by atoms with van der Waals surface area (Å²) in [6.07, 6.45) is -0.321. The van der Waals surface area contributed by atoms with Gasteiger partial charge in [-0.1, -0.05) is 28.1 Å². The highest BCUT2D eigenvalue weighted by Crippen LogP contribution is 2.30. The van der Waals surface area contributed by atoms with E-state index in [4.69, 9.17) is 14.7 Å². The fourth-order valence-corrected chi connectivity index (χ4v) is 3.82. The molecule has 0 radical (unpaired) electrons. The number of nitriles is 1. The largest absolute Gasteiger partial charge is 0.508 e. The van der Waals surface area contributed by atoms with E-state index >= 15 is 0 Å². The molecule has 2 aromatic heterocycles. The predicted octanol–water partition coefficient (Wildman–Crippen LogP) is 4.54. The molecule has 0 aliphatic heterocycles. The molecule has 0 unspecified atom stereocenters. The number of amides is 1. The van der Waals surface area contributed by atoms with E-state index in [0.29, 0.717) is 16.2 Å². The maximum atomic E-state index is 11.7. The highest BCUT2D eigenvalue weighted by atomic mass is 79.9. The number of aromatic nitrogens is 1. The summed E-state index contributed by atoms with van der Waals surface area (Å²) in [4.78, 5) is 16.4. The third-order valence-corrected chi connectivity index (χ3v) is 5.53. The topological polar surface area (TPSA) is 112 Å². The van der Waals surface area contributed by atoms with Crippen LogP contribution < -0.4 is 11.0 Å². The molecule has 1 amide bonds. The number of phenolic OH excluding ortho intramolecular Hbond substituents is 1. The molecule has 2 heterocycles. The van der Waals surface area contributed by atoms with Crippen LogP contribution in [0.1, 0.15) is 6.42 Å². The van der Waals surface area contributed by atoms with Gasteiger partial charge in [-0.15, -0.1) is 16.4 Å². The Balaban J connectivity index is 1.82. The lowest BCUT2D eigenvalue weighted by Gasteiger charge is -2.03. The summed E-state index contributed by atoms with van der Waals surface area (Å²) in [5.41, 5.74) is 5.18. The smallest absolute Gasteiger partial charge is 0.254 e. The quantitative estimate of drug-likeness (QED) is 0.416. The first-order chi connectivity index (χ1) is 14.5. The highest BCUT2D eigenvalue weighted by molar-refractivity contribution is 9.10. The van der Waals surface area contributed by atoms with Gasteiger partial charge in [-0.25, -0.2) is 10.4 Å². The van der Waals surface area contributed by atoms with E-state index in [1.165, 1.54) is 17.4 Å². The summed E-state index contributed by atoms with van der Waals surface area (Å²) in [6.45, 7) is 0. The summed E-state index contributed by atoms with van der Waals surface area (Å²) in [6, 6.07) is 16.1. The van der Waals surface area contributed by atoms with Gasteiger partial charge in [0, 0.05) is 26.9 Å². The minimum Gasteiger partial charge on any atom is -0.508 e. The number of carbonyl (C=O) groups excluding carboxylic acids is 1. The summed E-state index contributed by atoms with van der Waals surface area (Å²) in [7, 11) is 0. The maximum Gasteiger partial charge on any atom is 0.254 e. The van der Waals surface area contributed by atoms with Crippen molar-refractivity contribution in [2.45, 2.75) is 6.42 Å². The predicted molar refractivity (Wildman–Crippen MR) is 116 cm³/mol. The molecule has 0 fully saturated rings. The first kappa shape index (κ1) is 19.8. The number of nitrogens with one attached hydrogen (secondary N) is 1. The molecule has 0 atom stereocenters. The lowest BCUT2D eigenvalue weighted by Crippen LogP contribution is -2.21. The van der Waals surface area contributed by atoms with Crippen LogP contribution in [0.2, 0.25) is 0 Å². The number of benzene rings is 2. The number of rotatable bonds is 4. The van der Waals surface area contributed by atoms with Gasteiger partial charge in [-0.2, -0.15) is 5.26 Å². The average Bonchev–Trinajstić information content (AvgIpc) is 3.22. The molecule has 0 bridgehead atoms. The zero-order valence-electron chi connectivity index (χ0n) is 15.3. The molecule has 2 N–H and O–H groups in total. The van der Waals surface area contributed by atoms with E-state index in [2.05, 4.69) is 26.5 Å². The van der Waals surface area contributed by atoms with Crippen molar-refractivity contribution in [3.63, 3.8) is 0 Å². The molecular formula is C21H13BrN4O3S. The molecule has 148 valence electrons. The molecular weight excluding hydrogens is 468 g/mol. The second kappa shape index (κ2) is 8.49. The Bertz CT molecular complexity index is 1350. The van der Waals surface area contributed by atoms with Crippen LogP contribution in [0.4, 0.5) is 0 Å². The Kier molecular flexibility index (Phi) is 5.61. The summed E-state index contributed by atoms with van der Waals surface area (Å²) in [5, 5.41) is 25.7. The van der Waals surface area contributed by atoms with Gasteiger partial charge in [0.2, 0.25) is 5.55 Å². The normalized spacial score (nSPS) is 11.4. The Hall–Kier alpha value is -3.48. The van der Waals surface area contributed by atoms with E-state index in [1.807, 2.05) is 35.7 Å². The van der Waals surface area contributed by atoms with E-state index in [0.717, 1.165) is 21.1 Å². The van der Waals surface area contributed by atoms with Crippen molar-refractivity contribution < 1.29 is 14.3 Å². The molecule has 7 nitrogen and oxygen atoms in total. The Morgan fingerprint density at radius 2 is 2.07 bits per heavy atom. The SMILES string of the molecule is N#CCC(=O)NN=c1oc2cc(O)ccc2cc1-c1nc(-c2ccc(Br)cc2)cs1. The summed E-state index contributed by atoms with van der Waals surface area (Å²) < 4.78 is 6.80. The number of thiazole rings is 1. The number of fused-ring (bicyclic) bond motifs is 1. The Labute approximate surface area is 183 Å². The Morgan fingerprint density at radius 1 is 1.27 bits per heavy atom.